The van der Waals surface area contributed by atoms with E-state index in [1.54, 1.807) is 24.4 Å². The lowest BCUT2D eigenvalue weighted by Crippen LogP contribution is -2.12. The second-order valence-corrected chi connectivity index (χ2v) is 4.74. The zero-order chi connectivity index (χ0) is 13.1. The van der Waals surface area contributed by atoms with E-state index in [2.05, 4.69) is 4.98 Å². The number of hydrogen-bond donors (Lipinski definition) is 0. The highest BCUT2D eigenvalue weighted by Gasteiger charge is 2.19. The molecule has 0 fully saturated rings. The van der Waals surface area contributed by atoms with E-state index >= 15 is 0 Å². The molecule has 2 nitrogen and oxygen atoms in total. The first kappa shape index (κ1) is 12.8. The van der Waals surface area contributed by atoms with Crippen LogP contribution in [0, 0.1) is 6.92 Å². The lowest BCUT2D eigenvalue weighted by molar-refractivity contribution is 0.0964. The van der Waals surface area contributed by atoms with Crippen molar-refractivity contribution in [2.75, 3.05) is 0 Å². The van der Waals surface area contributed by atoms with Crippen LogP contribution in [-0.4, -0.2) is 10.8 Å². The first-order valence-corrected chi connectivity index (χ1v) is 6.18. The van der Waals surface area contributed by atoms with Gasteiger partial charge in [-0.3, -0.25) is 9.78 Å². The minimum absolute atomic E-state index is 0.0721. The van der Waals surface area contributed by atoms with Crippen molar-refractivity contribution in [3.05, 3.63) is 64.4 Å². The molecule has 92 valence electrons. The van der Waals surface area contributed by atoms with Gasteiger partial charge in [0, 0.05) is 16.8 Å². The minimum atomic E-state index is -0.244. The summed E-state index contributed by atoms with van der Waals surface area (Å²) < 4.78 is 0. The van der Waals surface area contributed by atoms with Gasteiger partial charge in [0.1, 0.15) is 0 Å². The number of pyridine rings is 1. The Kier molecular flexibility index (Phi) is 3.78. The van der Waals surface area contributed by atoms with Crippen LogP contribution in [0.3, 0.4) is 0 Å². The van der Waals surface area contributed by atoms with Crippen molar-refractivity contribution >= 4 is 17.4 Å². The molecule has 1 aromatic carbocycles. The zero-order valence-electron chi connectivity index (χ0n) is 10.4. The second-order valence-electron chi connectivity index (χ2n) is 4.30. The third-order valence-electron chi connectivity index (χ3n) is 2.98. The average Bonchev–Trinajstić information content (AvgIpc) is 2.38. The van der Waals surface area contributed by atoms with Crippen LogP contribution in [-0.2, 0) is 0 Å². The van der Waals surface area contributed by atoms with Gasteiger partial charge in [0.05, 0.1) is 11.6 Å². The van der Waals surface area contributed by atoms with Crippen LogP contribution in [0.15, 0.2) is 42.6 Å². The van der Waals surface area contributed by atoms with Crippen molar-refractivity contribution in [3.63, 3.8) is 0 Å². The molecular weight excluding hydrogens is 246 g/mol. The van der Waals surface area contributed by atoms with E-state index in [4.69, 9.17) is 11.6 Å². The van der Waals surface area contributed by atoms with E-state index in [0.717, 1.165) is 11.3 Å². The van der Waals surface area contributed by atoms with Crippen LogP contribution in [0.4, 0.5) is 0 Å². The van der Waals surface area contributed by atoms with Gasteiger partial charge in [-0.05, 0) is 49.7 Å². The molecule has 1 atom stereocenters. The predicted molar refractivity (Wildman–Crippen MR) is 73.2 cm³/mol. The Hall–Kier alpha value is -1.67. The molecule has 2 rings (SSSR count). The molecule has 1 aromatic heterocycles. The van der Waals surface area contributed by atoms with Gasteiger partial charge in [0.15, 0.2) is 5.78 Å². The van der Waals surface area contributed by atoms with Crippen LogP contribution < -0.4 is 0 Å². The quantitative estimate of drug-likeness (QED) is 0.779. The van der Waals surface area contributed by atoms with Crippen LogP contribution in [0.2, 0.25) is 5.02 Å². The first-order valence-electron chi connectivity index (χ1n) is 5.81. The Labute approximate surface area is 112 Å². The summed E-state index contributed by atoms with van der Waals surface area (Å²) in [6.07, 6.45) is 1.70. The highest BCUT2D eigenvalue weighted by Crippen LogP contribution is 2.22. The molecule has 0 saturated heterocycles. The number of carbonyl (C=O) groups excluding carboxylic acids is 1. The van der Waals surface area contributed by atoms with Gasteiger partial charge in [0.2, 0.25) is 0 Å². The Morgan fingerprint density at radius 1 is 1.28 bits per heavy atom. The lowest BCUT2D eigenvalue weighted by Gasteiger charge is -2.12. The van der Waals surface area contributed by atoms with Crippen molar-refractivity contribution < 1.29 is 4.79 Å². The van der Waals surface area contributed by atoms with Crippen LogP contribution in [0.5, 0.6) is 0 Å². The van der Waals surface area contributed by atoms with Crippen molar-refractivity contribution in [1.29, 1.82) is 0 Å². The monoisotopic (exact) mass is 259 g/mol. The van der Waals surface area contributed by atoms with Gasteiger partial charge < -0.3 is 0 Å². The predicted octanol–water partition coefficient (Wildman–Crippen LogP) is 4.03. The fourth-order valence-corrected chi connectivity index (χ4v) is 2.13. The molecule has 18 heavy (non-hydrogen) atoms. The van der Waals surface area contributed by atoms with Crippen molar-refractivity contribution in [2.24, 2.45) is 0 Å². The summed E-state index contributed by atoms with van der Waals surface area (Å²) in [4.78, 5) is 16.6. The Morgan fingerprint density at radius 2 is 2.06 bits per heavy atom. The minimum Gasteiger partial charge on any atom is -0.293 e. The molecular formula is C15H14ClNO. The summed E-state index contributed by atoms with van der Waals surface area (Å²) in [6, 6.07) is 10.9. The van der Waals surface area contributed by atoms with E-state index in [9.17, 15) is 4.79 Å². The molecule has 0 amide bonds. The highest BCUT2D eigenvalue weighted by atomic mass is 35.5. The van der Waals surface area contributed by atoms with E-state index in [1.165, 1.54) is 0 Å². The number of halogens is 1. The Bertz CT molecular complexity index is 566. The van der Waals surface area contributed by atoms with Gasteiger partial charge in [0.25, 0.3) is 0 Å². The summed E-state index contributed by atoms with van der Waals surface area (Å²) in [6.45, 7) is 3.77. The van der Waals surface area contributed by atoms with E-state index < -0.39 is 0 Å². The third kappa shape index (κ3) is 2.59. The zero-order valence-corrected chi connectivity index (χ0v) is 11.1. The maximum absolute atomic E-state index is 12.4. The van der Waals surface area contributed by atoms with Gasteiger partial charge in [-0.25, -0.2) is 0 Å². The van der Waals surface area contributed by atoms with Crippen molar-refractivity contribution in [2.45, 2.75) is 19.8 Å². The van der Waals surface area contributed by atoms with E-state index in [0.29, 0.717) is 10.6 Å². The topological polar surface area (TPSA) is 30.0 Å². The number of aromatic nitrogens is 1. The average molecular weight is 260 g/mol. The van der Waals surface area contributed by atoms with Gasteiger partial charge in [-0.15, -0.1) is 0 Å². The molecule has 0 radical (unpaired) electrons. The largest absolute Gasteiger partial charge is 0.293 e. The number of ketones is 1. The summed E-state index contributed by atoms with van der Waals surface area (Å²) in [5.74, 6) is -0.172. The van der Waals surface area contributed by atoms with Crippen LogP contribution in [0.25, 0.3) is 0 Å². The number of rotatable bonds is 3. The van der Waals surface area contributed by atoms with Gasteiger partial charge >= 0.3 is 0 Å². The number of benzene rings is 1. The second kappa shape index (κ2) is 5.32. The fraction of sp³-hybridized carbons (Fsp3) is 0.200. The molecule has 0 aliphatic carbocycles. The van der Waals surface area contributed by atoms with Gasteiger partial charge in [-0.1, -0.05) is 17.7 Å². The molecule has 1 unspecified atom stereocenters. The fourth-order valence-electron chi connectivity index (χ4n) is 1.90. The number of Topliss-reactive ketones (excluding diaryl/α,β-unsaturated/α-hetero) is 1. The standard InChI is InChI=1S/C15H14ClNO/c1-10-9-12(16)6-7-13(10)15(18)11(2)14-5-3-4-8-17-14/h3-9,11H,1-2H3. The molecule has 0 saturated carbocycles. The number of nitrogens with zero attached hydrogens (tertiary/aromatic N) is 1. The Morgan fingerprint density at radius 3 is 2.67 bits per heavy atom. The summed E-state index contributed by atoms with van der Waals surface area (Å²) >= 11 is 5.89. The highest BCUT2D eigenvalue weighted by molar-refractivity contribution is 6.30. The molecule has 0 spiro atoms. The van der Waals surface area contributed by atoms with Crippen LogP contribution in [0.1, 0.15) is 34.5 Å². The van der Waals surface area contributed by atoms with Gasteiger partial charge in [-0.2, -0.15) is 0 Å². The molecule has 1 heterocycles. The lowest BCUT2D eigenvalue weighted by atomic mass is 9.93. The Balaban J connectivity index is 2.32. The normalized spacial score (nSPS) is 12.2. The molecule has 2 aromatic rings. The molecule has 0 aliphatic rings. The number of hydrogen-bond acceptors (Lipinski definition) is 2. The third-order valence-corrected chi connectivity index (χ3v) is 3.21. The summed E-state index contributed by atoms with van der Waals surface area (Å²) in [5, 5.41) is 0.648. The molecule has 0 N–H and O–H groups in total. The summed E-state index contributed by atoms with van der Waals surface area (Å²) in [7, 11) is 0. The van der Waals surface area contributed by atoms with Crippen molar-refractivity contribution in [3.8, 4) is 0 Å². The van der Waals surface area contributed by atoms with E-state index in [-0.39, 0.29) is 11.7 Å². The maximum atomic E-state index is 12.4. The number of aryl methyl sites for hydroxylation is 1. The molecule has 0 bridgehead atoms. The summed E-state index contributed by atoms with van der Waals surface area (Å²) in [5.41, 5.74) is 2.39. The smallest absolute Gasteiger partial charge is 0.171 e. The molecule has 0 aliphatic heterocycles. The first-order chi connectivity index (χ1) is 8.59. The number of carbonyl (C=O) groups is 1. The SMILES string of the molecule is Cc1cc(Cl)ccc1C(=O)C(C)c1ccccn1. The van der Waals surface area contributed by atoms with Crippen molar-refractivity contribution in [1.82, 2.24) is 4.98 Å². The van der Waals surface area contributed by atoms with E-state index in [1.807, 2.05) is 32.0 Å². The maximum Gasteiger partial charge on any atom is 0.171 e. The molecule has 3 heteroatoms. The van der Waals surface area contributed by atoms with Crippen LogP contribution >= 0.6 is 11.6 Å².